The molecule has 0 saturated carbocycles. The Labute approximate surface area is 172 Å². The summed E-state index contributed by atoms with van der Waals surface area (Å²) < 4.78 is 42.1. The predicted octanol–water partition coefficient (Wildman–Crippen LogP) is 5.86. The summed E-state index contributed by atoms with van der Waals surface area (Å²) in [5.74, 6) is 0.122. The Kier molecular flexibility index (Phi) is 5.32. The molecule has 0 spiro atoms. The molecule has 0 radical (unpaired) electrons. The highest BCUT2D eigenvalue weighted by Crippen LogP contribution is 2.37. The van der Waals surface area contributed by atoms with Gasteiger partial charge in [0.05, 0.1) is 11.6 Å². The number of aromatic nitrogens is 1. The average molecular weight is 421 g/mol. The van der Waals surface area contributed by atoms with Gasteiger partial charge in [-0.05, 0) is 54.4 Å². The van der Waals surface area contributed by atoms with Gasteiger partial charge in [0, 0.05) is 42.1 Å². The predicted molar refractivity (Wildman–Crippen MR) is 106 cm³/mol. The standard InChI is InChI=1S/C22H20ClF3N2O/c23-18-7-8-20(29)16(13-18)14-28-11-3-10-27-9-2-6-19(27)21(28)15-4-1-5-17(12-15)22(24,25)26/h1-2,4-9,12-13,21,29H,3,10-11,14H2/t21-/m0/s1. The number of benzene rings is 2. The molecule has 0 unspecified atom stereocenters. The van der Waals surface area contributed by atoms with Crippen LogP contribution in [0.5, 0.6) is 5.75 Å². The van der Waals surface area contributed by atoms with Gasteiger partial charge in [-0.3, -0.25) is 4.90 Å². The molecule has 4 rings (SSSR count). The van der Waals surface area contributed by atoms with Crippen molar-refractivity contribution in [2.45, 2.75) is 31.7 Å². The summed E-state index contributed by atoms with van der Waals surface area (Å²) in [5.41, 5.74) is 1.49. The zero-order valence-electron chi connectivity index (χ0n) is 15.5. The molecule has 0 aliphatic carbocycles. The fraction of sp³-hybridized carbons (Fsp3) is 0.273. The van der Waals surface area contributed by atoms with E-state index >= 15 is 0 Å². The van der Waals surface area contributed by atoms with Gasteiger partial charge in [-0.1, -0.05) is 23.7 Å². The van der Waals surface area contributed by atoms with Crippen molar-refractivity contribution in [1.29, 1.82) is 0 Å². The lowest BCUT2D eigenvalue weighted by Crippen LogP contribution is -2.29. The minimum Gasteiger partial charge on any atom is -0.508 e. The number of hydrogen-bond donors (Lipinski definition) is 1. The zero-order valence-corrected chi connectivity index (χ0v) is 16.3. The fourth-order valence-corrected chi connectivity index (χ4v) is 4.17. The number of aryl methyl sites for hydroxylation is 1. The number of rotatable bonds is 3. The lowest BCUT2D eigenvalue weighted by atomic mass is 9.98. The normalized spacial score (nSPS) is 17.7. The van der Waals surface area contributed by atoms with Crippen LogP contribution in [0.2, 0.25) is 5.02 Å². The van der Waals surface area contributed by atoms with Crippen LogP contribution in [-0.2, 0) is 19.3 Å². The molecule has 0 saturated heterocycles. The Morgan fingerprint density at radius 3 is 2.66 bits per heavy atom. The monoisotopic (exact) mass is 420 g/mol. The Bertz CT molecular complexity index is 1020. The smallest absolute Gasteiger partial charge is 0.416 e. The molecule has 2 heterocycles. The summed E-state index contributed by atoms with van der Waals surface area (Å²) in [5, 5.41) is 10.8. The maximum Gasteiger partial charge on any atom is 0.416 e. The number of nitrogens with zero attached hydrogens (tertiary/aromatic N) is 2. The SMILES string of the molecule is Oc1ccc(Cl)cc1CN1CCCn2cccc2[C@@H]1c1cccc(C(F)(F)F)c1. The summed E-state index contributed by atoms with van der Waals surface area (Å²) in [7, 11) is 0. The Balaban J connectivity index is 1.79. The molecular formula is C22H20ClF3N2O. The van der Waals surface area contributed by atoms with Gasteiger partial charge >= 0.3 is 6.18 Å². The maximum absolute atomic E-state index is 13.3. The van der Waals surface area contributed by atoms with E-state index in [0.29, 0.717) is 29.2 Å². The molecule has 0 bridgehead atoms. The van der Waals surface area contributed by atoms with Crippen LogP contribution in [0.15, 0.2) is 60.8 Å². The number of fused-ring (bicyclic) bond motifs is 1. The van der Waals surface area contributed by atoms with Gasteiger partial charge < -0.3 is 9.67 Å². The van der Waals surface area contributed by atoms with E-state index in [1.165, 1.54) is 18.2 Å². The molecule has 0 amide bonds. The van der Waals surface area contributed by atoms with E-state index < -0.39 is 11.7 Å². The van der Waals surface area contributed by atoms with Gasteiger partial charge in [0.2, 0.25) is 0 Å². The first-order valence-electron chi connectivity index (χ1n) is 9.36. The van der Waals surface area contributed by atoms with Crippen LogP contribution >= 0.6 is 11.6 Å². The van der Waals surface area contributed by atoms with Crippen LogP contribution in [-0.4, -0.2) is 21.1 Å². The van der Waals surface area contributed by atoms with Crippen molar-refractivity contribution in [3.05, 3.63) is 88.2 Å². The zero-order chi connectivity index (χ0) is 20.6. The van der Waals surface area contributed by atoms with Gasteiger partial charge in [-0.25, -0.2) is 0 Å². The summed E-state index contributed by atoms with van der Waals surface area (Å²) in [4.78, 5) is 2.10. The van der Waals surface area contributed by atoms with Crippen molar-refractivity contribution in [3.8, 4) is 5.75 Å². The first kappa shape index (κ1) is 19.9. The third-order valence-electron chi connectivity index (χ3n) is 5.30. The molecule has 1 aliphatic heterocycles. The van der Waals surface area contributed by atoms with E-state index in [0.717, 1.165) is 24.7 Å². The molecule has 152 valence electrons. The first-order chi connectivity index (χ1) is 13.8. The van der Waals surface area contributed by atoms with Crippen LogP contribution in [0, 0.1) is 0 Å². The third-order valence-corrected chi connectivity index (χ3v) is 5.53. The second kappa shape index (κ2) is 7.76. The van der Waals surface area contributed by atoms with E-state index in [9.17, 15) is 18.3 Å². The largest absolute Gasteiger partial charge is 0.508 e. The Hall–Kier alpha value is -2.44. The van der Waals surface area contributed by atoms with Crippen LogP contribution in [0.25, 0.3) is 0 Å². The lowest BCUT2D eigenvalue weighted by Gasteiger charge is -2.31. The molecule has 3 aromatic rings. The molecule has 1 aromatic heterocycles. The number of phenols is 1. The van der Waals surface area contributed by atoms with E-state index in [1.807, 2.05) is 18.3 Å². The van der Waals surface area contributed by atoms with Crippen LogP contribution in [0.1, 0.15) is 34.8 Å². The van der Waals surface area contributed by atoms with E-state index in [4.69, 9.17) is 11.6 Å². The second-order valence-corrected chi connectivity index (χ2v) is 7.69. The minimum absolute atomic E-state index is 0.122. The van der Waals surface area contributed by atoms with Gasteiger partial charge in [0.25, 0.3) is 0 Å². The summed E-state index contributed by atoms with van der Waals surface area (Å²) in [6.07, 6.45) is -1.60. The number of hydrogen-bond acceptors (Lipinski definition) is 2. The number of halogens is 4. The fourth-order valence-electron chi connectivity index (χ4n) is 3.98. The number of alkyl halides is 3. The van der Waals surface area contributed by atoms with E-state index in [2.05, 4.69) is 9.47 Å². The lowest BCUT2D eigenvalue weighted by molar-refractivity contribution is -0.137. The second-order valence-electron chi connectivity index (χ2n) is 7.25. The van der Waals surface area contributed by atoms with Crippen molar-refractivity contribution >= 4 is 11.6 Å². The Morgan fingerprint density at radius 1 is 1.03 bits per heavy atom. The molecule has 1 aliphatic rings. The summed E-state index contributed by atoms with van der Waals surface area (Å²) >= 11 is 6.10. The van der Waals surface area contributed by atoms with Crippen LogP contribution < -0.4 is 0 Å². The van der Waals surface area contributed by atoms with Gasteiger partial charge in [0.1, 0.15) is 5.75 Å². The van der Waals surface area contributed by atoms with Gasteiger partial charge in [-0.2, -0.15) is 13.2 Å². The molecule has 3 nitrogen and oxygen atoms in total. The van der Waals surface area contributed by atoms with E-state index in [1.54, 1.807) is 18.2 Å². The Morgan fingerprint density at radius 2 is 1.86 bits per heavy atom. The highest BCUT2D eigenvalue weighted by atomic mass is 35.5. The van der Waals surface area contributed by atoms with Crippen LogP contribution in [0.4, 0.5) is 13.2 Å². The minimum atomic E-state index is -4.40. The first-order valence-corrected chi connectivity index (χ1v) is 9.74. The quantitative estimate of drug-likeness (QED) is 0.574. The highest BCUT2D eigenvalue weighted by molar-refractivity contribution is 6.30. The van der Waals surface area contributed by atoms with E-state index in [-0.39, 0.29) is 11.8 Å². The molecule has 1 atom stereocenters. The summed E-state index contributed by atoms with van der Waals surface area (Å²) in [6.45, 7) is 1.84. The molecule has 29 heavy (non-hydrogen) atoms. The van der Waals surface area contributed by atoms with Crippen molar-refractivity contribution in [2.24, 2.45) is 0 Å². The van der Waals surface area contributed by atoms with Crippen molar-refractivity contribution in [1.82, 2.24) is 9.47 Å². The molecule has 2 aromatic carbocycles. The van der Waals surface area contributed by atoms with Gasteiger partial charge in [0.15, 0.2) is 0 Å². The average Bonchev–Trinajstić information content (AvgIpc) is 3.05. The highest BCUT2D eigenvalue weighted by Gasteiger charge is 2.33. The maximum atomic E-state index is 13.3. The van der Waals surface area contributed by atoms with Crippen LogP contribution in [0.3, 0.4) is 0 Å². The molecular weight excluding hydrogens is 401 g/mol. The van der Waals surface area contributed by atoms with Crippen molar-refractivity contribution in [3.63, 3.8) is 0 Å². The third kappa shape index (κ3) is 4.14. The molecule has 0 fully saturated rings. The molecule has 1 N–H and O–H groups in total. The number of aromatic hydroxyl groups is 1. The van der Waals surface area contributed by atoms with Crippen molar-refractivity contribution < 1.29 is 18.3 Å². The summed E-state index contributed by atoms with van der Waals surface area (Å²) in [6, 6.07) is 13.8. The van der Waals surface area contributed by atoms with Gasteiger partial charge in [-0.15, -0.1) is 0 Å². The number of phenolic OH excluding ortho intramolecular Hbond substituents is 1. The molecule has 7 heteroatoms. The topological polar surface area (TPSA) is 28.4 Å². The van der Waals surface area contributed by atoms with Crippen molar-refractivity contribution in [2.75, 3.05) is 6.54 Å².